The Bertz CT molecular complexity index is 5170. The number of hydrogen-bond acceptors (Lipinski definition) is 1. The molecule has 18 rings (SSSR count). The molecule has 0 saturated carbocycles. The third kappa shape index (κ3) is 6.72. The van der Waals surface area contributed by atoms with Gasteiger partial charge < -0.3 is 9.47 Å². The summed E-state index contributed by atoms with van der Waals surface area (Å²) in [4.78, 5) is 2.51. The first-order valence-electron chi connectivity index (χ1n) is 30.0. The molecule has 0 saturated heterocycles. The van der Waals surface area contributed by atoms with Gasteiger partial charge in [-0.05, 0) is 154 Å². The highest BCUT2D eigenvalue weighted by Crippen LogP contribution is 2.62. The molecule has 0 fully saturated rings. The van der Waals surface area contributed by atoms with Crippen LogP contribution in [0.5, 0.6) is 0 Å². The summed E-state index contributed by atoms with van der Waals surface area (Å²) in [6.07, 6.45) is 0. The molecule has 3 aliphatic rings. The van der Waals surface area contributed by atoms with Crippen molar-refractivity contribution in [3.63, 3.8) is 0 Å². The summed E-state index contributed by atoms with van der Waals surface area (Å²) in [5.41, 5.74) is 28.4. The Hall–Kier alpha value is -11.1. The zero-order chi connectivity index (χ0) is 56.5. The molecule has 1 aromatic heterocycles. The van der Waals surface area contributed by atoms with Crippen LogP contribution in [-0.2, 0) is 10.8 Å². The van der Waals surface area contributed by atoms with E-state index < -0.39 is 10.8 Å². The number of anilines is 3. The Morgan fingerprint density at radius 3 is 1.38 bits per heavy atom. The average Bonchev–Trinajstić information content (AvgIpc) is 1.49. The molecule has 15 aromatic rings. The molecule has 0 N–H and O–H groups in total. The van der Waals surface area contributed by atoms with Crippen molar-refractivity contribution in [2.75, 3.05) is 4.90 Å². The maximum atomic E-state index is 2.54. The first-order valence-corrected chi connectivity index (χ1v) is 30.0. The summed E-state index contributed by atoms with van der Waals surface area (Å²) in [6.45, 7) is 0. The predicted molar refractivity (Wildman–Crippen MR) is 357 cm³/mol. The summed E-state index contributed by atoms with van der Waals surface area (Å²) in [6, 6.07) is 123. The van der Waals surface area contributed by atoms with E-state index in [1.54, 1.807) is 0 Å². The normalized spacial score (nSPS) is 14.7. The minimum atomic E-state index is -0.566. The van der Waals surface area contributed by atoms with Crippen LogP contribution in [0.4, 0.5) is 17.1 Å². The highest BCUT2D eigenvalue weighted by Gasteiger charge is 2.51. The van der Waals surface area contributed by atoms with Crippen LogP contribution in [0.15, 0.2) is 328 Å². The van der Waals surface area contributed by atoms with Gasteiger partial charge in [0.1, 0.15) is 0 Å². The maximum absolute atomic E-state index is 2.54. The van der Waals surface area contributed by atoms with Crippen LogP contribution in [0, 0.1) is 0 Å². The highest BCUT2D eigenvalue weighted by atomic mass is 15.1. The summed E-state index contributed by atoms with van der Waals surface area (Å²) >= 11 is 0. The standard InChI is InChI=1S/C84H54N2/c1-4-21-55(22-5-1)56-39-41-57(42-40-56)58-43-46-62(47-44-58)85(63-48-50-69-66-28-12-15-33-73(66)83(78(69)54-63,60-23-6-2-7-24-60)61-25-8-3-9-26-61)80-52-51-64(65-27-10-11-30-70(65)80)59-45-49-68-67-29-13-16-34-74(67)84(77(68)53-59)75-35-17-19-38-81(75)86-79-37-18-14-31-71(79)72-32-20-36-76(84)82(72)86/h1-54H. The zero-order valence-electron chi connectivity index (χ0n) is 47.1. The monoisotopic (exact) mass is 1090 g/mol. The SMILES string of the molecule is c1ccc(-c2ccc(-c3ccc(N(c4ccc5c(c4)C(c4ccccc4)(c4ccccc4)c4ccccc4-5)c4ccc(-c5ccc6c(c5)C5(c7ccccc7-6)c6ccccc6-n6c7ccccc7c7cccc5c76)c5ccccc45)cc3)cc2)cc1. The molecule has 0 radical (unpaired) electrons. The Kier molecular flexibility index (Phi) is 10.6. The molecule has 2 aliphatic carbocycles. The minimum absolute atomic E-state index is 0.562. The van der Waals surface area contributed by atoms with Gasteiger partial charge in [-0.3, -0.25) is 0 Å². The van der Waals surface area contributed by atoms with Gasteiger partial charge in [0, 0.05) is 27.5 Å². The number of rotatable bonds is 8. The van der Waals surface area contributed by atoms with Gasteiger partial charge in [-0.2, -0.15) is 0 Å². The molecule has 14 aromatic carbocycles. The number of aromatic nitrogens is 1. The fraction of sp³-hybridized carbons (Fsp3) is 0.0238. The first-order chi connectivity index (χ1) is 42.7. The molecule has 1 spiro atoms. The van der Waals surface area contributed by atoms with Gasteiger partial charge in [-0.15, -0.1) is 0 Å². The summed E-state index contributed by atoms with van der Waals surface area (Å²) in [5.74, 6) is 0. The van der Waals surface area contributed by atoms with Crippen LogP contribution >= 0.6 is 0 Å². The van der Waals surface area contributed by atoms with Crippen LogP contribution in [0.3, 0.4) is 0 Å². The number of benzene rings is 14. The van der Waals surface area contributed by atoms with Crippen molar-refractivity contribution < 1.29 is 0 Å². The van der Waals surface area contributed by atoms with E-state index in [9.17, 15) is 0 Å². The van der Waals surface area contributed by atoms with Gasteiger partial charge >= 0.3 is 0 Å². The molecule has 0 bridgehead atoms. The van der Waals surface area contributed by atoms with E-state index >= 15 is 0 Å². The van der Waals surface area contributed by atoms with Crippen molar-refractivity contribution in [1.29, 1.82) is 0 Å². The van der Waals surface area contributed by atoms with Gasteiger partial charge in [-0.25, -0.2) is 0 Å². The summed E-state index contributed by atoms with van der Waals surface area (Å²) < 4.78 is 2.53. The highest BCUT2D eigenvalue weighted by molar-refractivity contribution is 6.13. The van der Waals surface area contributed by atoms with Crippen molar-refractivity contribution in [2.45, 2.75) is 10.8 Å². The van der Waals surface area contributed by atoms with Gasteiger partial charge in [-0.1, -0.05) is 279 Å². The fourth-order valence-corrected chi connectivity index (χ4v) is 15.7. The van der Waals surface area contributed by atoms with Crippen LogP contribution in [-0.4, -0.2) is 4.57 Å². The van der Waals surface area contributed by atoms with Crippen LogP contribution < -0.4 is 4.90 Å². The predicted octanol–water partition coefficient (Wildman–Crippen LogP) is 21.4. The zero-order valence-corrected chi connectivity index (χ0v) is 47.1. The average molecular weight is 1090 g/mol. The Morgan fingerprint density at radius 1 is 0.244 bits per heavy atom. The van der Waals surface area contributed by atoms with Gasteiger partial charge in [0.2, 0.25) is 0 Å². The molecular formula is C84H54N2. The molecule has 2 heteroatoms. The van der Waals surface area contributed by atoms with E-state index in [2.05, 4.69) is 337 Å². The largest absolute Gasteiger partial charge is 0.310 e. The molecule has 1 unspecified atom stereocenters. The smallest absolute Gasteiger partial charge is 0.0754 e. The van der Waals surface area contributed by atoms with Crippen molar-refractivity contribution in [1.82, 2.24) is 4.57 Å². The minimum Gasteiger partial charge on any atom is -0.310 e. The molecule has 1 aliphatic heterocycles. The molecule has 0 amide bonds. The maximum Gasteiger partial charge on any atom is 0.0754 e. The van der Waals surface area contributed by atoms with Gasteiger partial charge in [0.25, 0.3) is 0 Å². The van der Waals surface area contributed by atoms with Crippen LogP contribution in [0.1, 0.15) is 44.5 Å². The fourth-order valence-electron chi connectivity index (χ4n) is 15.7. The Labute approximate surface area is 500 Å². The second kappa shape index (κ2) is 18.7. The topological polar surface area (TPSA) is 8.17 Å². The van der Waals surface area contributed by atoms with E-state index in [4.69, 9.17) is 0 Å². The molecule has 2 heterocycles. The lowest BCUT2D eigenvalue weighted by molar-refractivity contribution is 0.749. The van der Waals surface area contributed by atoms with Crippen molar-refractivity contribution in [2.24, 2.45) is 0 Å². The Morgan fingerprint density at radius 2 is 0.698 bits per heavy atom. The van der Waals surface area contributed by atoms with E-state index in [1.807, 2.05) is 0 Å². The number of para-hydroxylation sites is 3. The third-order valence-corrected chi connectivity index (χ3v) is 19.3. The molecule has 86 heavy (non-hydrogen) atoms. The number of fused-ring (bicyclic) bond motifs is 16. The van der Waals surface area contributed by atoms with Crippen molar-refractivity contribution >= 4 is 49.6 Å². The Balaban J connectivity index is 0.841. The van der Waals surface area contributed by atoms with E-state index in [0.717, 1.165) is 17.1 Å². The second-order valence-corrected chi connectivity index (χ2v) is 23.4. The number of nitrogens with zero attached hydrogens (tertiary/aromatic N) is 2. The van der Waals surface area contributed by atoms with Crippen LogP contribution in [0.2, 0.25) is 0 Å². The molecular weight excluding hydrogens is 1040 g/mol. The van der Waals surface area contributed by atoms with Crippen molar-refractivity contribution in [3.05, 3.63) is 372 Å². The van der Waals surface area contributed by atoms with E-state index in [0.29, 0.717) is 0 Å². The number of hydrogen-bond donors (Lipinski definition) is 0. The van der Waals surface area contributed by atoms with Crippen molar-refractivity contribution in [3.8, 4) is 61.3 Å². The first kappa shape index (κ1) is 48.5. The van der Waals surface area contributed by atoms with E-state index in [1.165, 1.54) is 138 Å². The molecule has 2 nitrogen and oxygen atoms in total. The second-order valence-electron chi connectivity index (χ2n) is 23.4. The van der Waals surface area contributed by atoms with E-state index in [-0.39, 0.29) is 0 Å². The molecule has 1 atom stereocenters. The van der Waals surface area contributed by atoms with Gasteiger partial charge in [0.05, 0.1) is 33.2 Å². The quantitative estimate of drug-likeness (QED) is 0.147. The molecule has 400 valence electrons. The lowest BCUT2D eigenvalue weighted by Gasteiger charge is -2.39. The lowest BCUT2D eigenvalue weighted by atomic mass is 9.65. The third-order valence-electron chi connectivity index (χ3n) is 19.3. The van der Waals surface area contributed by atoms with Gasteiger partial charge in [0.15, 0.2) is 0 Å². The lowest BCUT2D eigenvalue weighted by Crippen LogP contribution is -2.33. The van der Waals surface area contributed by atoms with Crippen LogP contribution in [0.25, 0.3) is 93.9 Å². The summed E-state index contributed by atoms with van der Waals surface area (Å²) in [7, 11) is 0. The summed E-state index contributed by atoms with van der Waals surface area (Å²) in [5, 5.41) is 4.92.